The first kappa shape index (κ1) is 21.4. The molecule has 0 aliphatic rings. The molecule has 0 spiro atoms. The van der Waals surface area contributed by atoms with E-state index in [0.29, 0.717) is 0 Å². The van der Waals surface area contributed by atoms with Gasteiger partial charge in [-0.1, -0.05) is 0 Å². The maximum absolute atomic E-state index is 10.9. The lowest BCUT2D eigenvalue weighted by molar-refractivity contribution is -0.151. The Morgan fingerprint density at radius 1 is 1.14 bits per heavy atom. The van der Waals surface area contributed by atoms with E-state index in [0.717, 1.165) is 11.8 Å². The van der Waals surface area contributed by atoms with Crippen LogP contribution in [-0.2, 0) is 19.2 Å². The Labute approximate surface area is 126 Å². The van der Waals surface area contributed by atoms with Crippen molar-refractivity contribution in [3.05, 3.63) is 0 Å². The number of rotatable bonds is 9. The molecule has 0 rings (SSSR count). The third-order valence-electron chi connectivity index (χ3n) is 2.07. The van der Waals surface area contributed by atoms with Crippen molar-refractivity contribution in [3.8, 4) is 0 Å². The molecule has 0 bridgehead atoms. The number of ketones is 1. The standard InChI is InChI=1S/C10H14O7S.C2H5N/c1-5(11)2-3-18-8(10(16)17)6(9(14)15)4-7(12)13;1-2-3/h6,8H,2-4H2,1H3,(H,12,13)(H,14,15)(H,16,17);2-3H,1H3. The summed E-state index contributed by atoms with van der Waals surface area (Å²) in [7, 11) is 0. The maximum Gasteiger partial charge on any atom is 0.317 e. The zero-order valence-corrected chi connectivity index (χ0v) is 12.6. The van der Waals surface area contributed by atoms with Gasteiger partial charge >= 0.3 is 17.9 Å². The zero-order chi connectivity index (χ0) is 17.0. The lowest BCUT2D eigenvalue weighted by Crippen LogP contribution is -2.34. The van der Waals surface area contributed by atoms with Crippen molar-refractivity contribution >= 4 is 41.7 Å². The van der Waals surface area contributed by atoms with Gasteiger partial charge < -0.3 is 20.7 Å². The Kier molecular flexibility index (Phi) is 12.1. The maximum atomic E-state index is 10.9. The van der Waals surface area contributed by atoms with Gasteiger partial charge in [-0.25, -0.2) is 0 Å². The van der Waals surface area contributed by atoms with Crippen LogP contribution in [-0.4, -0.2) is 56.2 Å². The van der Waals surface area contributed by atoms with E-state index >= 15 is 0 Å². The Bertz CT molecular complexity index is 397. The van der Waals surface area contributed by atoms with Gasteiger partial charge in [0, 0.05) is 12.2 Å². The number of hydrogen-bond acceptors (Lipinski definition) is 6. The minimum absolute atomic E-state index is 0.119. The predicted molar refractivity (Wildman–Crippen MR) is 77.0 cm³/mol. The largest absolute Gasteiger partial charge is 0.481 e. The Morgan fingerprint density at radius 2 is 1.62 bits per heavy atom. The molecule has 0 aromatic rings. The lowest BCUT2D eigenvalue weighted by Gasteiger charge is -2.18. The molecular formula is C12H19NO7S. The molecule has 0 fully saturated rings. The van der Waals surface area contributed by atoms with E-state index in [4.69, 9.17) is 20.7 Å². The molecule has 0 aliphatic carbocycles. The minimum Gasteiger partial charge on any atom is -0.481 e. The van der Waals surface area contributed by atoms with Crippen LogP contribution in [0.2, 0.25) is 0 Å². The van der Waals surface area contributed by atoms with Crippen molar-refractivity contribution in [2.45, 2.75) is 31.9 Å². The average molecular weight is 321 g/mol. The van der Waals surface area contributed by atoms with Gasteiger partial charge in [-0.2, -0.15) is 0 Å². The summed E-state index contributed by atoms with van der Waals surface area (Å²) in [5, 5.41) is 31.0. The number of carbonyl (C=O) groups excluding carboxylic acids is 1. The van der Waals surface area contributed by atoms with E-state index in [1.165, 1.54) is 13.1 Å². The van der Waals surface area contributed by atoms with E-state index in [1.807, 2.05) is 0 Å². The normalized spacial score (nSPS) is 12.3. The molecule has 2 atom stereocenters. The number of carboxylic acids is 3. The van der Waals surface area contributed by atoms with E-state index < -0.39 is 35.5 Å². The number of carbonyl (C=O) groups is 4. The van der Waals surface area contributed by atoms with Crippen molar-refractivity contribution in [1.82, 2.24) is 0 Å². The molecule has 2 unspecified atom stereocenters. The molecule has 0 aromatic heterocycles. The third kappa shape index (κ3) is 11.6. The zero-order valence-electron chi connectivity index (χ0n) is 11.7. The van der Waals surface area contributed by atoms with Crippen molar-refractivity contribution in [3.63, 3.8) is 0 Å². The fourth-order valence-electron chi connectivity index (χ4n) is 1.20. The summed E-state index contributed by atoms with van der Waals surface area (Å²) in [5.74, 6) is -5.75. The molecule has 9 heteroatoms. The number of carboxylic acid groups (broad SMARTS) is 3. The molecule has 0 amide bonds. The van der Waals surface area contributed by atoms with Gasteiger partial charge in [0.05, 0.1) is 12.3 Å². The van der Waals surface area contributed by atoms with Gasteiger partial charge in [-0.05, 0) is 20.1 Å². The summed E-state index contributed by atoms with van der Waals surface area (Å²) in [6.07, 6.45) is 0.604. The summed E-state index contributed by atoms with van der Waals surface area (Å²) in [6.45, 7) is 3.00. The number of thioether (sulfide) groups is 1. The molecule has 0 aliphatic heterocycles. The summed E-state index contributed by atoms with van der Waals surface area (Å²) in [6, 6.07) is 0. The van der Waals surface area contributed by atoms with E-state index in [9.17, 15) is 19.2 Å². The fraction of sp³-hybridized carbons (Fsp3) is 0.583. The van der Waals surface area contributed by atoms with Crippen LogP contribution in [0.5, 0.6) is 0 Å². The van der Waals surface area contributed by atoms with Crippen LogP contribution in [0.3, 0.4) is 0 Å². The third-order valence-corrected chi connectivity index (χ3v) is 3.40. The smallest absolute Gasteiger partial charge is 0.317 e. The van der Waals surface area contributed by atoms with Crippen LogP contribution >= 0.6 is 11.8 Å². The van der Waals surface area contributed by atoms with Gasteiger partial charge in [0.2, 0.25) is 0 Å². The summed E-state index contributed by atoms with van der Waals surface area (Å²) < 4.78 is 0. The molecule has 0 saturated carbocycles. The van der Waals surface area contributed by atoms with Gasteiger partial charge in [-0.3, -0.25) is 19.2 Å². The summed E-state index contributed by atoms with van der Waals surface area (Å²) in [5.41, 5.74) is 0. The van der Waals surface area contributed by atoms with Crippen LogP contribution in [0.25, 0.3) is 0 Å². The van der Waals surface area contributed by atoms with Crippen LogP contribution in [0.15, 0.2) is 0 Å². The highest BCUT2D eigenvalue weighted by molar-refractivity contribution is 8.00. The topological polar surface area (TPSA) is 153 Å². The highest BCUT2D eigenvalue weighted by atomic mass is 32.2. The highest BCUT2D eigenvalue weighted by Crippen LogP contribution is 2.24. The van der Waals surface area contributed by atoms with Gasteiger partial charge in [-0.15, -0.1) is 11.8 Å². The quantitative estimate of drug-likeness (QED) is 0.458. The van der Waals surface area contributed by atoms with E-state index in [-0.39, 0.29) is 18.0 Å². The van der Waals surface area contributed by atoms with Gasteiger partial charge in [0.25, 0.3) is 0 Å². The van der Waals surface area contributed by atoms with E-state index in [1.54, 1.807) is 6.92 Å². The first-order valence-corrected chi connectivity index (χ1v) is 6.95. The molecule has 0 heterocycles. The Balaban J connectivity index is 0. The molecule has 21 heavy (non-hydrogen) atoms. The molecule has 4 N–H and O–H groups in total. The van der Waals surface area contributed by atoms with E-state index in [2.05, 4.69) is 0 Å². The molecule has 0 saturated heterocycles. The van der Waals surface area contributed by atoms with Crippen LogP contribution in [0, 0.1) is 11.3 Å². The minimum atomic E-state index is -1.52. The highest BCUT2D eigenvalue weighted by Gasteiger charge is 2.35. The van der Waals surface area contributed by atoms with Crippen LogP contribution in [0.4, 0.5) is 0 Å². The second-order valence-corrected chi connectivity index (χ2v) is 5.16. The lowest BCUT2D eigenvalue weighted by atomic mass is 10.0. The van der Waals surface area contributed by atoms with Crippen molar-refractivity contribution in [2.75, 3.05) is 5.75 Å². The monoisotopic (exact) mass is 321 g/mol. The molecule has 8 nitrogen and oxygen atoms in total. The molecule has 0 aromatic carbocycles. The van der Waals surface area contributed by atoms with Crippen LogP contribution in [0.1, 0.15) is 26.7 Å². The SMILES string of the molecule is CC(=O)CCSC(C(=O)O)C(CC(=O)O)C(=O)O.CC=N. The molecular weight excluding hydrogens is 302 g/mol. The molecule has 0 radical (unpaired) electrons. The second kappa shape index (κ2) is 11.9. The fourth-order valence-corrected chi connectivity index (χ4v) is 2.45. The summed E-state index contributed by atoms with van der Waals surface area (Å²) in [4.78, 5) is 43.0. The van der Waals surface area contributed by atoms with Crippen molar-refractivity contribution in [1.29, 1.82) is 5.41 Å². The predicted octanol–water partition coefficient (Wildman–Crippen LogP) is 0.983. The van der Waals surface area contributed by atoms with Gasteiger partial charge in [0.1, 0.15) is 11.0 Å². The average Bonchev–Trinajstić information content (AvgIpc) is 2.32. The number of nitrogens with one attached hydrogen (secondary N) is 1. The summed E-state index contributed by atoms with van der Waals surface area (Å²) >= 11 is 0.772. The second-order valence-electron chi connectivity index (χ2n) is 3.91. The van der Waals surface area contributed by atoms with Crippen molar-refractivity contribution in [2.24, 2.45) is 5.92 Å². The van der Waals surface area contributed by atoms with Crippen molar-refractivity contribution < 1.29 is 34.5 Å². The molecule has 120 valence electrons. The first-order chi connectivity index (χ1) is 9.67. The number of Topliss-reactive ketones (excluding diaryl/α,β-unsaturated/α-hetero) is 1. The number of hydrogen-bond donors (Lipinski definition) is 4. The Hall–Kier alpha value is -1.90. The Morgan fingerprint density at radius 3 is 1.90 bits per heavy atom. The first-order valence-electron chi connectivity index (χ1n) is 5.90. The number of aliphatic carboxylic acids is 3. The van der Waals surface area contributed by atoms with Gasteiger partial charge in [0.15, 0.2) is 0 Å². The van der Waals surface area contributed by atoms with Crippen LogP contribution < -0.4 is 0 Å².